The predicted molar refractivity (Wildman–Crippen MR) is 141 cm³/mol. The van der Waals surface area contributed by atoms with Gasteiger partial charge in [0.25, 0.3) is 5.56 Å². The number of ether oxygens (including phenoxy) is 1. The number of carbonyl (C=O) groups excluding carboxylic acids is 1. The predicted octanol–water partition coefficient (Wildman–Crippen LogP) is 3.29. The molecule has 1 aliphatic rings. The van der Waals surface area contributed by atoms with Crippen LogP contribution in [0.4, 0.5) is 13.2 Å². The highest BCUT2D eigenvalue weighted by atomic mass is 19.1. The second-order valence-corrected chi connectivity index (χ2v) is 9.59. The molecule has 1 aliphatic heterocycles. The maximum absolute atomic E-state index is 15.0. The van der Waals surface area contributed by atoms with Crippen molar-refractivity contribution in [3.8, 4) is 16.9 Å². The Morgan fingerprint density at radius 1 is 1.00 bits per heavy atom. The van der Waals surface area contributed by atoms with Crippen molar-refractivity contribution in [2.24, 2.45) is 0 Å². The molecule has 0 bridgehead atoms. The van der Waals surface area contributed by atoms with E-state index in [0.717, 1.165) is 34.2 Å². The number of likely N-dealkylation sites (tertiary alicyclic amines) is 1. The van der Waals surface area contributed by atoms with Crippen molar-refractivity contribution in [1.82, 2.24) is 24.0 Å². The minimum atomic E-state index is -1.53. The van der Waals surface area contributed by atoms with E-state index in [1.54, 1.807) is 29.4 Å². The molecule has 0 radical (unpaired) electrons. The molecule has 3 heterocycles. The fourth-order valence-corrected chi connectivity index (χ4v) is 4.93. The molecule has 0 aliphatic carbocycles. The van der Waals surface area contributed by atoms with E-state index in [1.165, 1.54) is 10.9 Å². The Balaban J connectivity index is 1.61. The average molecular weight is 554 g/mol. The maximum atomic E-state index is 15.0. The molecule has 0 spiro atoms. The van der Waals surface area contributed by atoms with E-state index in [1.807, 2.05) is 12.1 Å². The van der Waals surface area contributed by atoms with Crippen LogP contribution >= 0.6 is 0 Å². The van der Waals surface area contributed by atoms with E-state index in [0.29, 0.717) is 31.5 Å². The summed E-state index contributed by atoms with van der Waals surface area (Å²) in [6.45, 7) is -1.65. The zero-order chi connectivity index (χ0) is 28.2. The van der Waals surface area contributed by atoms with Gasteiger partial charge >= 0.3 is 5.69 Å². The number of amides is 1. The minimum Gasteiger partial charge on any atom is -0.482 e. The number of benzene rings is 2. The van der Waals surface area contributed by atoms with E-state index in [2.05, 4.69) is 9.97 Å². The summed E-state index contributed by atoms with van der Waals surface area (Å²) in [7, 11) is 0. The molecule has 9 nitrogen and oxygen atoms in total. The Labute approximate surface area is 226 Å². The Kier molecular flexibility index (Phi) is 7.94. The lowest BCUT2D eigenvalue weighted by molar-refractivity contribution is -0.119. The van der Waals surface area contributed by atoms with Crippen LogP contribution in [0.1, 0.15) is 24.4 Å². The number of fused-ring (bicyclic) bond motifs is 1. The number of hydrogen-bond donors (Lipinski definition) is 0. The number of nitrogens with zero attached hydrogens (tertiary/aromatic N) is 5. The molecule has 0 N–H and O–H groups in total. The molecule has 12 heteroatoms. The summed E-state index contributed by atoms with van der Waals surface area (Å²) in [5.74, 6) is -1.43. The Morgan fingerprint density at radius 2 is 1.68 bits per heavy atom. The maximum Gasteiger partial charge on any atom is 0.332 e. The van der Waals surface area contributed by atoms with Crippen LogP contribution < -0.4 is 16.0 Å². The first-order valence-electron chi connectivity index (χ1n) is 12.7. The summed E-state index contributed by atoms with van der Waals surface area (Å²) in [6.07, 6.45) is 4.81. The third-order valence-electron chi connectivity index (χ3n) is 7.06. The van der Waals surface area contributed by atoms with E-state index < -0.39 is 48.3 Å². The lowest BCUT2D eigenvalue weighted by Gasteiger charge is -2.31. The summed E-state index contributed by atoms with van der Waals surface area (Å²) >= 11 is 0. The van der Waals surface area contributed by atoms with Crippen molar-refractivity contribution in [3.05, 3.63) is 87.3 Å². The highest BCUT2D eigenvalue weighted by molar-refractivity contribution is 5.80. The number of carbonyl (C=O) groups is 1. The van der Waals surface area contributed by atoms with Gasteiger partial charge in [-0.1, -0.05) is 24.3 Å². The third kappa shape index (κ3) is 5.33. The number of alkyl halides is 2. The van der Waals surface area contributed by atoms with Gasteiger partial charge in [0.2, 0.25) is 6.41 Å². The van der Waals surface area contributed by atoms with Crippen LogP contribution in [0.3, 0.4) is 0 Å². The number of rotatable bonds is 9. The van der Waals surface area contributed by atoms with Crippen molar-refractivity contribution in [2.45, 2.75) is 31.5 Å². The minimum absolute atomic E-state index is 0.0247. The van der Waals surface area contributed by atoms with Crippen molar-refractivity contribution in [1.29, 1.82) is 0 Å². The molecule has 4 aromatic rings. The third-order valence-corrected chi connectivity index (χ3v) is 7.06. The zero-order valence-electron chi connectivity index (χ0n) is 21.4. The van der Waals surface area contributed by atoms with Gasteiger partial charge < -0.3 is 9.64 Å². The highest BCUT2D eigenvalue weighted by Crippen LogP contribution is 2.28. The van der Waals surface area contributed by atoms with Gasteiger partial charge in [-0.3, -0.25) is 18.7 Å². The smallest absolute Gasteiger partial charge is 0.332 e. The van der Waals surface area contributed by atoms with Crippen molar-refractivity contribution in [2.75, 3.05) is 26.4 Å². The van der Waals surface area contributed by atoms with E-state index in [4.69, 9.17) is 4.74 Å². The van der Waals surface area contributed by atoms with Gasteiger partial charge in [-0.15, -0.1) is 0 Å². The van der Waals surface area contributed by atoms with Gasteiger partial charge in [0.15, 0.2) is 17.7 Å². The van der Waals surface area contributed by atoms with Crippen LogP contribution in [0.25, 0.3) is 22.0 Å². The number of hydrogen-bond acceptors (Lipinski definition) is 6. The summed E-state index contributed by atoms with van der Waals surface area (Å²) < 4.78 is 48.8. The molecule has 1 fully saturated rings. The van der Waals surface area contributed by atoms with Crippen molar-refractivity contribution >= 4 is 17.3 Å². The second kappa shape index (κ2) is 11.7. The summed E-state index contributed by atoms with van der Waals surface area (Å²) in [6, 6.07) is 8.88. The topological polar surface area (TPSA) is 99.3 Å². The average Bonchev–Trinajstić information content (AvgIpc) is 2.99. The van der Waals surface area contributed by atoms with Crippen LogP contribution in [0.5, 0.6) is 5.75 Å². The first-order chi connectivity index (χ1) is 19.4. The molecule has 1 amide bonds. The monoisotopic (exact) mass is 553 g/mol. The number of halogens is 3. The molecule has 5 rings (SSSR count). The molecule has 1 saturated heterocycles. The Morgan fingerprint density at radius 3 is 2.30 bits per heavy atom. The van der Waals surface area contributed by atoms with Crippen LogP contribution in [0, 0.1) is 5.82 Å². The highest BCUT2D eigenvalue weighted by Gasteiger charge is 2.26. The largest absolute Gasteiger partial charge is 0.482 e. The van der Waals surface area contributed by atoms with Gasteiger partial charge in [-0.25, -0.2) is 27.9 Å². The van der Waals surface area contributed by atoms with Crippen LogP contribution in [0.2, 0.25) is 0 Å². The molecule has 0 saturated carbocycles. The first-order valence-corrected chi connectivity index (χ1v) is 12.7. The van der Waals surface area contributed by atoms with E-state index in [-0.39, 0.29) is 17.4 Å². The van der Waals surface area contributed by atoms with Crippen LogP contribution in [0.15, 0.2) is 64.7 Å². The van der Waals surface area contributed by atoms with E-state index in [9.17, 15) is 23.2 Å². The molecular weight excluding hydrogens is 527 g/mol. The molecule has 2 aromatic carbocycles. The SMILES string of the molecule is O=CN1CCC(n2c(=O)n(Cc3ccc(-c4cncnc4)cc3)c(=O)c3cc(OC(CF)CF)c(F)cc32)CC1. The molecule has 0 atom stereocenters. The van der Waals surface area contributed by atoms with Gasteiger partial charge in [-0.2, -0.15) is 0 Å². The standard InChI is InChI=1S/C28H26F3N5O4/c29-11-22(12-30)40-26-9-23-25(10-24(26)31)36(21-5-7-34(17-37)8-6-21)28(39)35(27(23)38)15-18-1-3-19(4-2-18)20-13-32-16-33-14-20/h1-4,9-10,13-14,16-17,21-22H,5-8,11-12,15H2. The lowest BCUT2D eigenvalue weighted by atomic mass is 10.0. The van der Waals surface area contributed by atoms with Gasteiger partial charge in [0, 0.05) is 43.2 Å². The number of piperidine rings is 1. The molecular formula is C28H26F3N5O4. The van der Waals surface area contributed by atoms with Gasteiger partial charge in [0.1, 0.15) is 19.7 Å². The number of aromatic nitrogens is 4. The fourth-order valence-electron chi connectivity index (χ4n) is 4.93. The second-order valence-electron chi connectivity index (χ2n) is 9.59. The van der Waals surface area contributed by atoms with Crippen LogP contribution in [-0.2, 0) is 11.3 Å². The first kappa shape index (κ1) is 27.1. The summed E-state index contributed by atoms with van der Waals surface area (Å²) in [5.41, 5.74) is 1.05. The summed E-state index contributed by atoms with van der Waals surface area (Å²) in [5, 5.41) is -0.0247. The lowest BCUT2D eigenvalue weighted by Crippen LogP contribution is -2.44. The normalized spacial score (nSPS) is 14.2. The Bertz CT molecular complexity index is 1610. The van der Waals surface area contributed by atoms with Crippen molar-refractivity contribution < 1.29 is 22.7 Å². The molecule has 208 valence electrons. The van der Waals surface area contributed by atoms with Gasteiger partial charge in [-0.05, 0) is 30.0 Å². The van der Waals surface area contributed by atoms with Crippen LogP contribution in [-0.4, -0.2) is 63.0 Å². The fraction of sp³-hybridized carbons (Fsp3) is 0.321. The summed E-state index contributed by atoms with van der Waals surface area (Å²) in [4.78, 5) is 48.2. The van der Waals surface area contributed by atoms with Crippen molar-refractivity contribution in [3.63, 3.8) is 0 Å². The zero-order valence-corrected chi connectivity index (χ0v) is 21.4. The quantitative estimate of drug-likeness (QED) is 0.295. The Hall–Kier alpha value is -4.48. The molecule has 2 aromatic heterocycles. The van der Waals surface area contributed by atoms with E-state index >= 15 is 4.39 Å². The van der Waals surface area contributed by atoms with Gasteiger partial charge in [0.05, 0.1) is 17.4 Å². The molecule has 40 heavy (non-hydrogen) atoms. The molecule has 0 unspecified atom stereocenters.